The number of hydrogen-bond acceptors (Lipinski definition) is 1. The van der Waals surface area contributed by atoms with Gasteiger partial charge in [0, 0.05) is 12.3 Å². The summed E-state index contributed by atoms with van der Waals surface area (Å²) in [6.07, 6.45) is 0.639. The second kappa shape index (κ2) is 7.57. The highest BCUT2D eigenvalue weighted by atomic mass is 35.5. The zero-order chi connectivity index (χ0) is 14.2. The van der Waals surface area contributed by atoms with Crippen molar-refractivity contribution in [2.24, 2.45) is 0 Å². The summed E-state index contributed by atoms with van der Waals surface area (Å²) >= 11 is 5.59. The predicted molar refractivity (Wildman–Crippen MR) is 79.4 cm³/mol. The van der Waals surface area contributed by atoms with Crippen molar-refractivity contribution in [3.63, 3.8) is 0 Å². The minimum Gasteiger partial charge on any atom is -0.488 e. The Kier molecular flexibility index (Phi) is 5.46. The summed E-state index contributed by atoms with van der Waals surface area (Å²) in [7, 11) is 0. The molecule has 20 heavy (non-hydrogen) atoms. The molecule has 0 saturated heterocycles. The van der Waals surface area contributed by atoms with Gasteiger partial charge in [-0.2, -0.15) is 0 Å². The van der Waals surface area contributed by atoms with E-state index in [9.17, 15) is 4.39 Å². The number of alkyl halides is 1. The van der Waals surface area contributed by atoms with E-state index in [1.807, 2.05) is 30.3 Å². The third-order valence-electron chi connectivity index (χ3n) is 2.61. The summed E-state index contributed by atoms with van der Waals surface area (Å²) in [4.78, 5) is 0. The third-order valence-corrected chi connectivity index (χ3v) is 2.80. The molecule has 0 bridgehead atoms. The Labute approximate surface area is 123 Å². The fourth-order valence-corrected chi connectivity index (χ4v) is 1.78. The first-order valence-electron chi connectivity index (χ1n) is 6.30. The van der Waals surface area contributed by atoms with Crippen LogP contribution in [0.1, 0.15) is 17.5 Å². The third kappa shape index (κ3) is 4.29. The average molecular weight is 289 g/mol. The predicted octanol–water partition coefficient (Wildman–Crippen LogP) is 4.39. The van der Waals surface area contributed by atoms with Gasteiger partial charge in [0.25, 0.3) is 0 Å². The molecular weight excluding hydrogens is 275 g/mol. The average Bonchev–Trinajstić information content (AvgIpc) is 2.47. The van der Waals surface area contributed by atoms with Crippen molar-refractivity contribution >= 4 is 11.6 Å². The van der Waals surface area contributed by atoms with Gasteiger partial charge in [-0.05, 0) is 29.8 Å². The van der Waals surface area contributed by atoms with E-state index in [0.717, 1.165) is 11.1 Å². The van der Waals surface area contributed by atoms with E-state index in [2.05, 4.69) is 11.8 Å². The van der Waals surface area contributed by atoms with Crippen molar-refractivity contribution < 1.29 is 9.13 Å². The number of rotatable bonds is 4. The second-order valence-corrected chi connectivity index (χ2v) is 4.53. The van der Waals surface area contributed by atoms with E-state index in [0.29, 0.717) is 24.7 Å². The van der Waals surface area contributed by atoms with Gasteiger partial charge in [-0.15, -0.1) is 11.6 Å². The van der Waals surface area contributed by atoms with Crippen molar-refractivity contribution in [2.75, 3.05) is 5.88 Å². The summed E-state index contributed by atoms with van der Waals surface area (Å²) in [6.45, 7) is 0.311. The van der Waals surface area contributed by atoms with E-state index in [1.54, 1.807) is 6.07 Å². The highest BCUT2D eigenvalue weighted by Gasteiger charge is 2.01. The molecule has 3 heteroatoms. The van der Waals surface area contributed by atoms with E-state index in [4.69, 9.17) is 16.3 Å². The standard InChI is InChI=1S/C17H14ClFO/c18-11-4-3-8-15-7-1-2-10-17(15)20-13-14-6-5-9-16(19)12-14/h1-2,5-7,9-10,12H,4,11,13H2. The van der Waals surface area contributed by atoms with Gasteiger partial charge in [0.2, 0.25) is 0 Å². The minimum absolute atomic E-state index is 0.263. The molecule has 0 saturated carbocycles. The lowest BCUT2D eigenvalue weighted by Gasteiger charge is -2.08. The van der Waals surface area contributed by atoms with Crippen LogP contribution in [0.5, 0.6) is 5.75 Å². The molecule has 1 nitrogen and oxygen atoms in total. The summed E-state index contributed by atoms with van der Waals surface area (Å²) < 4.78 is 18.8. The first-order valence-corrected chi connectivity index (χ1v) is 6.84. The highest BCUT2D eigenvalue weighted by molar-refractivity contribution is 6.18. The van der Waals surface area contributed by atoms with Crippen molar-refractivity contribution in [1.82, 2.24) is 0 Å². The van der Waals surface area contributed by atoms with Crippen LogP contribution >= 0.6 is 11.6 Å². The maximum absolute atomic E-state index is 13.1. The topological polar surface area (TPSA) is 9.23 Å². The Hall–Kier alpha value is -1.98. The van der Waals surface area contributed by atoms with E-state index >= 15 is 0 Å². The summed E-state index contributed by atoms with van der Waals surface area (Å²) in [5.41, 5.74) is 1.60. The lowest BCUT2D eigenvalue weighted by Crippen LogP contribution is -1.97. The fourth-order valence-electron chi connectivity index (χ4n) is 1.69. The van der Waals surface area contributed by atoms with Gasteiger partial charge >= 0.3 is 0 Å². The minimum atomic E-state index is -0.263. The molecule has 0 amide bonds. The number of para-hydroxylation sites is 1. The molecule has 0 heterocycles. The summed E-state index contributed by atoms with van der Waals surface area (Å²) in [5, 5.41) is 0. The zero-order valence-electron chi connectivity index (χ0n) is 10.9. The van der Waals surface area contributed by atoms with Crippen LogP contribution in [0.4, 0.5) is 4.39 Å². The van der Waals surface area contributed by atoms with Crippen LogP contribution in [0.2, 0.25) is 0 Å². The van der Waals surface area contributed by atoms with Crippen LogP contribution < -0.4 is 4.74 Å². The maximum Gasteiger partial charge on any atom is 0.135 e. The van der Waals surface area contributed by atoms with Gasteiger partial charge in [-0.1, -0.05) is 36.1 Å². The normalized spacial score (nSPS) is 9.70. The molecule has 2 rings (SSSR count). The smallest absolute Gasteiger partial charge is 0.135 e. The lowest BCUT2D eigenvalue weighted by molar-refractivity contribution is 0.305. The zero-order valence-corrected chi connectivity index (χ0v) is 11.7. The molecule has 0 aliphatic rings. The number of halogens is 2. The Morgan fingerprint density at radius 3 is 2.75 bits per heavy atom. The molecule has 0 atom stereocenters. The number of ether oxygens (including phenoxy) is 1. The first kappa shape index (κ1) is 14.4. The fraction of sp³-hybridized carbons (Fsp3) is 0.176. The van der Waals surface area contributed by atoms with Crippen LogP contribution in [0.25, 0.3) is 0 Å². The Balaban J connectivity index is 2.08. The molecule has 0 aromatic heterocycles. The molecule has 0 unspecified atom stereocenters. The monoisotopic (exact) mass is 288 g/mol. The van der Waals surface area contributed by atoms with Gasteiger partial charge in [-0.3, -0.25) is 0 Å². The maximum atomic E-state index is 13.1. The van der Waals surface area contributed by atoms with Crippen molar-refractivity contribution in [1.29, 1.82) is 0 Å². The molecule has 0 aliphatic carbocycles. The Morgan fingerprint density at radius 1 is 1.10 bits per heavy atom. The molecule has 102 valence electrons. The highest BCUT2D eigenvalue weighted by Crippen LogP contribution is 2.18. The quantitative estimate of drug-likeness (QED) is 0.599. The molecule has 2 aromatic carbocycles. The van der Waals surface area contributed by atoms with Gasteiger partial charge in [-0.25, -0.2) is 4.39 Å². The van der Waals surface area contributed by atoms with Gasteiger partial charge in [0.1, 0.15) is 18.2 Å². The van der Waals surface area contributed by atoms with Crippen LogP contribution in [0, 0.1) is 17.7 Å². The van der Waals surface area contributed by atoms with Crippen LogP contribution in [-0.2, 0) is 6.61 Å². The number of benzene rings is 2. The molecule has 2 aromatic rings. The van der Waals surface area contributed by atoms with Crippen molar-refractivity contribution in [3.05, 3.63) is 65.5 Å². The van der Waals surface area contributed by atoms with Crippen LogP contribution in [0.15, 0.2) is 48.5 Å². The van der Waals surface area contributed by atoms with Crippen molar-refractivity contribution in [2.45, 2.75) is 13.0 Å². The SMILES string of the molecule is Fc1cccc(COc2ccccc2C#CCCCl)c1. The molecule has 0 radical (unpaired) electrons. The van der Waals surface area contributed by atoms with Gasteiger partial charge in [0.15, 0.2) is 0 Å². The molecular formula is C17H14ClFO. The van der Waals surface area contributed by atoms with E-state index in [-0.39, 0.29) is 5.82 Å². The molecule has 0 spiro atoms. The van der Waals surface area contributed by atoms with Crippen molar-refractivity contribution in [3.8, 4) is 17.6 Å². The Morgan fingerprint density at radius 2 is 1.95 bits per heavy atom. The molecule has 0 aliphatic heterocycles. The molecule has 0 N–H and O–H groups in total. The van der Waals surface area contributed by atoms with E-state index in [1.165, 1.54) is 12.1 Å². The largest absolute Gasteiger partial charge is 0.488 e. The van der Waals surface area contributed by atoms with Crippen LogP contribution in [0.3, 0.4) is 0 Å². The Bertz CT molecular complexity index is 628. The molecule has 0 fully saturated rings. The van der Waals surface area contributed by atoms with Crippen LogP contribution in [-0.4, -0.2) is 5.88 Å². The van der Waals surface area contributed by atoms with Gasteiger partial charge < -0.3 is 4.74 Å². The van der Waals surface area contributed by atoms with E-state index < -0.39 is 0 Å². The second-order valence-electron chi connectivity index (χ2n) is 4.16. The first-order chi connectivity index (χ1) is 9.79. The van der Waals surface area contributed by atoms with Gasteiger partial charge in [0.05, 0.1) is 5.56 Å². The summed E-state index contributed by atoms with van der Waals surface area (Å²) in [5.74, 6) is 6.95. The lowest BCUT2D eigenvalue weighted by atomic mass is 10.2. The number of hydrogen-bond donors (Lipinski definition) is 0. The summed E-state index contributed by atoms with van der Waals surface area (Å²) in [6, 6.07) is 13.9.